The first-order valence-electron chi connectivity index (χ1n) is 11.2. The van der Waals surface area contributed by atoms with Crippen molar-refractivity contribution < 1.29 is 44.2 Å². The fraction of sp³-hybridized carbons (Fsp3) is 0.308. The van der Waals surface area contributed by atoms with Gasteiger partial charge in [0.2, 0.25) is 0 Å². The van der Waals surface area contributed by atoms with E-state index in [1.165, 1.54) is 6.33 Å². The molecule has 0 spiro atoms. The predicted octanol–water partition coefficient (Wildman–Crippen LogP) is 2.52. The third-order valence-electron chi connectivity index (χ3n) is 4.64. The number of carbonyl (C=O) groups is 2. The molecule has 2 aromatic carbocycles. The third kappa shape index (κ3) is 10.7. The molecule has 38 heavy (non-hydrogen) atoms. The first-order chi connectivity index (χ1) is 17.9. The molecule has 12 heteroatoms. The van der Waals surface area contributed by atoms with Crippen LogP contribution in [0.1, 0.15) is 18.4 Å². The van der Waals surface area contributed by atoms with E-state index in [1.54, 1.807) is 14.2 Å². The summed E-state index contributed by atoms with van der Waals surface area (Å²) in [5, 5.41) is 19.9. The van der Waals surface area contributed by atoms with Crippen LogP contribution in [0.3, 0.4) is 0 Å². The summed E-state index contributed by atoms with van der Waals surface area (Å²) < 4.78 is 21.8. The number of nitrogens with zero attached hydrogens (tertiary/aromatic N) is 2. The average molecular weight is 530 g/mol. The first kappa shape index (κ1) is 31.6. The summed E-state index contributed by atoms with van der Waals surface area (Å²) in [7, 11) is 3.25. The van der Waals surface area contributed by atoms with E-state index < -0.39 is 11.9 Å². The molecule has 0 saturated carbocycles. The Balaban J connectivity index is 0.000000699. The minimum Gasteiger partial charge on any atom is -0.487 e. The van der Waals surface area contributed by atoms with Crippen LogP contribution in [0.15, 0.2) is 42.7 Å². The molecule has 1 heterocycles. The van der Waals surface area contributed by atoms with E-state index in [-0.39, 0.29) is 18.3 Å². The predicted molar refractivity (Wildman–Crippen MR) is 140 cm³/mol. The number of fused-ring (bicyclic) bond motifs is 1. The molecule has 0 atom stereocenters. The lowest BCUT2D eigenvalue weighted by molar-refractivity contribution is -0.143. The number of aliphatic carboxylic acids is 2. The Kier molecular flexibility index (Phi) is 14.2. The lowest BCUT2D eigenvalue weighted by Crippen LogP contribution is -2.09. The highest BCUT2D eigenvalue weighted by atomic mass is 16.5. The summed E-state index contributed by atoms with van der Waals surface area (Å²) in [6.45, 7) is 1.73. The van der Waals surface area contributed by atoms with Crippen molar-refractivity contribution in [2.24, 2.45) is 0 Å². The molecular weight excluding hydrogens is 498 g/mol. The van der Waals surface area contributed by atoms with E-state index >= 15 is 0 Å². The fourth-order valence-corrected chi connectivity index (χ4v) is 2.90. The molecule has 0 aliphatic carbocycles. The zero-order valence-electron chi connectivity index (χ0n) is 21.1. The number of anilines is 2. The van der Waals surface area contributed by atoms with Gasteiger partial charge in [0, 0.05) is 36.9 Å². The number of carboxylic acid groups (broad SMARTS) is 2. The zero-order chi connectivity index (χ0) is 27.0. The molecule has 0 radical (unpaired) electrons. The third-order valence-corrected chi connectivity index (χ3v) is 4.64. The van der Waals surface area contributed by atoms with Gasteiger partial charge in [0.1, 0.15) is 25.4 Å². The molecule has 3 aromatic rings. The van der Waals surface area contributed by atoms with Crippen molar-refractivity contribution in [2.75, 3.05) is 46.0 Å². The van der Waals surface area contributed by atoms with Gasteiger partial charge in [0.25, 0.3) is 0 Å². The maximum absolute atomic E-state index is 9.64. The number of carboxylic acids is 2. The molecule has 3 rings (SSSR count). The van der Waals surface area contributed by atoms with Gasteiger partial charge >= 0.3 is 11.9 Å². The number of ether oxygens (including phenoxy) is 4. The first-order valence-corrected chi connectivity index (χ1v) is 11.2. The number of methoxy groups -OCH3 is 2. The van der Waals surface area contributed by atoms with Gasteiger partial charge in [-0.2, -0.15) is 0 Å². The normalized spacial score (nSPS) is 9.82. The van der Waals surface area contributed by atoms with Crippen molar-refractivity contribution in [1.82, 2.24) is 9.97 Å². The number of aromatic nitrogens is 2. The molecule has 204 valence electrons. The molecule has 0 saturated heterocycles. The highest BCUT2D eigenvalue weighted by Gasteiger charge is 2.13. The number of benzene rings is 2. The number of hydrogen-bond acceptors (Lipinski definition) is 9. The van der Waals surface area contributed by atoms with Crippen LogP contribution in [0, 0.1) is 12.3 Å². The number of rotatable bonds is 13. The van der Waals surface area contributed by atoms with E-state index in [2.05, 4.69) is 21.2 Å². The zero-order valence-corrected chi connectivity index (χ0v) is 21.1. The maximum Gasteiger partial charge on any atom is 0.303 e. The molecule has 1 aromatic heterocycles. The minimum atomic E-state index is -1.08. The van der Waals surface area contributed by atoms with Crippen molar-refractivity contribution in [3.63, 3.8) is 0 Å². The van der Waals surface area contributed by atoms with Crippen LogP contribution in [0.2, 0.25) is 0 Å². The lowest BCUT2D eigenvalue weighted by atomic mass is 10.2. The number of nitrogens with one attached hydrogen (secondary N) is 1. The summed E-state index contributed by atoms with van der Waals surface area (Å²) in [5.74, 6) is 2.29. The second kappa shape index (κ2) is 17.1. The highest BCUT2D eigenvalue weighted by molar-refractivity contribution is 5.93. The highest BCUT2D eigenvalue weighted by Crippen LogP contribution is 2.35. The maximum atomic E-state index is 9.64. The quantitative estimate of drug-likeness (QED) is 0.219. The summed E-state index contributed by atoms with van der Waals surface area (Å²) in [4.78, 5) is 28.0. The van der Waals surface area contributed by atoms with Crippen LogP contribution in [0.4, 0.5) is 11.5 Å². The van der Waals surface area contributed by atoms with Gasteiger partial charge in [-0.25, -0.2) is 9.97 Å². The van der Waals surface area contributed by atoms with Crippen LogP contribution < -0.4 is 14.8 Å². The van der Waals surface area contributed by atoms with Crippen LogP contribution in [0.5, 0.6) is 11.5 Å². The smallest absolute Gasteiger partial charge is 0.303 e. The average Bonchev–Trinajstić information content (AvgIpc) is 2.88. The topological polar surface area (TPSA) is 181 Å². The fourth-order valence-electron chi connectivity index (χ4n) is 2.90. The Labute approximate surface area is 219 Å². The van der Waals surface area contributed by atoms with Crippen LogP contribution in [0.25, 0.3) is 10.9 Å². The molecule has 5 N–H and O–H groups in total. The van der Waals surface area contributed by atoms with Crippen LogP contribution in [-0.2, 0) is 19.1 Å². The molecule has 0 aliphatic rings. The Morgan fingerprint density at radius 2 is 1.53 bits per heavy atom. The van der Waals surface area contributed by atoms with Gasteiger partial charge < -0.3 is 40.0 Å². The second-order valence-electron chi connectivity index (χ2n) is 7.36. The van der Waals surface area contributed by atoms with Crippen molar-refractivity contribution in [2.45, 2.75) is 12.8 Å². The van der Waals surface area contributed by atoms with Gasteiger partial charge in [0.05, 0.1) is 31.6 Å². The minimum absolute atomic E-state index is 0. The van der Waals surface area contributed by atoms with E-state index in [9.17, 15) is 9.59 Å². The lowest BCUT2D eigenvalue weighted by Gasteiger charge is -2.15. The Morgan fingerprint density at radius 3 is 2.08 bits per heavy atom. The summed E-state index contributed by atoms with van der Waals surface area (Å²) in [6, 6.07) is 11.3. The molecule has 0 aliphatic heterocycles. The SMILES string of the molecule is C#Cc1cccc(Nc2ncnc3cc(OCCOC)c(OCCOC)cc23)c1.O.O=C(O)CCC(=O)O. The van der Waals surface area contributed by atoms with Gasteiger partial charge in [-0.1, -0.05) is 12.0 Å². The van der Waals surface area contributed by atoms with Gasteiger partial charge in [-0.3, -0.25) is 9.59 Å². The van der Waals surface area contributed by atoms with Crippen LogP contribution in [-0.4, -0.2) is 78.2 Å². The largest absolute Gasteiger partial charge is 0.487 e. The van der Waals surface area contributed by atoms with Crippen molar-refractivity contribution in [3.8, 4) is 23.8 Å². The van der Waals surface area contributed by atoms with E-state index in [0.29, 0.717) is 43.7 Å². The Morgan fingerprint density at radius 1 is 0.921 bits per heavy atom. The number of terminal acetylenes is 1. The summed E-state index contributed by atoms with van der Waals surface area (Å²) >= 11 is 0. The molecule has 0 bridgehead atoms. The summed E-state index contributed by atoms with van der Waals surface area (Å²) in [5.41, 5.74) is 2.34. The van der Waals surface area contributed by atoms with Crippen LogP contribution >= 0.6 is 0 Å². The Hall–Kier alpha value is -4.44. The number of hydrogen-bond donors (Lipinski definition) is 3. The van der Waals surface area contributed by atoms with Crippen molar-refractivity contribution in [1.29, 1.82) is 0 Å². The summed E-state index contributed by atoms with van der Waals surface area (Å²) in [6.07, 6.45) is 6.40. The van der Waals surface area contributed by atoms with Gasteiger partial charge in [-0.15, -0.1) is 6.42 Å². The van der Waals surface area contributed by atoms with Crippen molar-refractivity contribution >= 4 is 34.3 Å². The molecule has 12 nitrogen and oxygen atoms in total. The second-order valence-corrected chi connectivity index (χ2v) is 7.36. The monoisotopic (exact) mass is 529 g/mol. The van der Waals surface area contributed by atoms with Gasteiger partial charge in [-0.05, 0) is 24.3 Å². The van der Waals surface area contributed by atoms with E-state index in [1.807, 2.05) is 36.4 Å². The Bertz CT molecular complexity index is 1210. The molecule has 0 amide bonds. The molecule has 0 unspecified atom stereocenters. The van der Waals surface area contributed by atoms with E-state index in [4.69, 9.17) is 35.6 Å². The molecule has 0 fully saturated rings. The van der Waals surface area contributed by atoms with Gasteiger partial charge in [0.15, 0.2) is 11.5 Å². The van der Waals surface area contributed by atoms with Crippen molar-refractivity contribution in [3.05, 3.63) is 48.3 Å². The molecular formula is C26H31N3O9. The van der Waals surface area contributed by atoms with E-state index in [0.717, 1.165) is 22.2 Å². The standard InChI is InChI=1S/C22H23N3O4.C4H6O4.H2O/c1-4-16-6-5-7-17(12-16)25-22-18-13-20(28-10-8-26-2)21(29-11-9-27-3)14-19(18)23-15-24-22;5-3(6)1-2-4(7)8;/h1,5-7,12-15H,8-11H2,2-3H3,(H,23,24,25);1-2H2,(H,5,6)(H,7,8);1H2.